The third-order valence-electron chi connectivity index (χ3n) is 7.52. The van der Waals surface area contributed by atoms with Crippen LogP contribution in [0.25, 0.3) is 61.6 Å². The van der Waals surface area contributed by atoms with Gasteiger partial charge in [0.25, 0.3) is 0 Å². The van der Waals surface area contributed by atoms with E-state index < -0.39 is 5.63 Å². The monoisotopic (exact) mass is 577 g/mol. The fourth-order valence-corrected chi connectivity index (χ4v) is 5.30. The lowest BCUT2D eigenvalue weighted by atomic mass is 9.98. The van der Waals surface area contributed by atoms with Gasteiger partial charge < -0.3 is 13.9 Å². The number of ether oxygens (including phenoxy) is 2. The van der Waals surface area contributed by atoms with Crippen molar-refractivity contribution < 1.29 is 13.9 Å². The third-order valence-corrected chi connectivity index (χ3v) is 7.52. The highest BCUT2D eigenvalue weighted by molar-refractivity contribution is 5.88. The summed E-state index contributed by atoms with van der Waals surface area (Å²) in [5, 5.41) is 5.77. The summed E-state index contributed by atoms with van der Waals surface area (Å²) in [6.07, 6.45) is 2.01. The van der Waals surface area contributed by atoms with Crippen molar-refractivity contribution in [1.29, 1.82) is 0 Å². The predicted molar refractivity (Wildman–Crippen MR) is 172 cm³/mol. The lowest BCUT2D eigenvalue weighted by molar-refractivity contribution is 0.407. The van der Waals surface area contributed by atoms with Crippen LogP contribution in [0.15, 0.2) is 137 Å². The van der Waals surface area contributed by atoms with Crippen LogP contribution in [-0.4, -0.2) is 29.0 Å². The first-order valence-corrected chi connectivity index (χ1v) is 14.1. The van der Waals surface area contributed by atoms with Crippen LogP contribution < -0.4 is 15.1 Å². The van der Waals surface area contributed by atoms with Gasteiger partial charge in [-0.05, 0) is 66.2 Å². The van der Waals surface area contributed by atoms with Crippen molar-refractivity contribution in [1.82, 2.24) is 14.8 Å². The van der Waals surface area contributed by atoms with Crippen molar-refractivity contribution in [2.45, 2.75) is 0 Å². The largest absolute Gasteiger partial charge is 0.497 e. The summed E-state index contributed by atoms with van der Waals surface area (Å²) >= 11 is 0. The maximum atomic E-state index is 13.4. The van der Waals surface area contributed by atoms with E-state index in [1.54, 1.807) is 20.3 Å². The van der Waals surface area contributed by atoms with Crippen molar-refractivity contribution in [2.24, 2.45) is 0 Å². The number of aromatic nitrogens is 3. The molecule has 7 nitrogen and oxygen atoms in total. The molecule has 0 aliphatic rings. The minimum Gasteiger partial charge on any atom is -0.497 e. The van der Waals surface area contributed by atoms with Crippen LogP contribution in [0.1, 0.15) is 0 Å². The Bertz CT molecular complexity index is 2150. The van der Waals surface area contributed by atoms with Gasteiger partial charge in [0, 0.05) is 28.3 Å². The Balaban J connectivity index is 1.48. The Morgan fingerprint density at radius 1 is 0.659 bits per heavy atom. The standard InChI is InChI=1S/C37H27N3O4/c1-42-29-18-16-25(17-19-29)35-31(23-40(39-35)28-13-7-4-8-14-28)27-21-32(24-10-5-3-6-11-24)38-33(22-27)30-20-26-12-9-15-34(43-2)36(26)44-37(30)41/h3-23H,1-2H3. The highest BCUT2D eigenvalue weighted by atomic mass is 16.5. The number of rotatable bonds is 7. The number of nitrogens with zero attached hydrogens (tertiary/aromatic N) is 3. The smallest absolute Gasteiger partial charge is 0.345 e. The molecule has 0 bridgehead atoms. The molecule has 7 heteroatoms. The van der Waals surface area contributed by atoms with Crippen LogP contribution in [-0.2, 0) is 0 Å². The van der Waals surface area contributed by atoms with E-state index in [0.29, 0.717) is 22.6 Å². The highest BCUT2D eigenvalue weighted by Crippen LogP contribution is 2.37. The molecule has 0 radical (unpaired) electrons. The normalized spacial score (nSPS) is 11.0. The van der Waals surface area contributed by atoms with Gasteiger partial charge in [-0.25, -0.2) is 14.5 Å². The summed E-state index contributed by atoms with van der Waals surface area (Å²) < 4.78 is 18.5. The van der Waals surface area contributed by atoms with Crippen LogP contribution in [0.5, 0.6) is 11.5 Å². The first-order valence-electron chi connectivity index (χ1n) is 14.1. The topological polar surface area (TPSA) is 79.4 Å². The summed E-state index contributed by atoms with van der Waals surface area (Å²) in [6.45, 7) is 0. The first kappa shape index (κ1) is 26.9. The molecule has 44 heavy (non-hydrogen) atoms. The van der Waals surface area contributed by atoms with Gasteiger partial charge in [-0.2, -0.15) is 5.10 Å². The summed E-state index contributed by atoms with van der Waals surface area (Å²) in [5.74, 6) is 1.25. The molecular formula is C37H27N3O4. The van der Waals surface area contributed by atoms with E-state index in [0.717, 1.165) is 50.5 Å². The number of methoxy groups -OCH3 is 2. The average molecular weight is 578 g/mol. The first-order chi connectivity index (χ1) is 21.6. The van der Waals surface area contributed by atoms with Crippen molar-refractivity contribution in [3.05, 3.63) is 138 Å². The summed E-state index contributed by atoms with van der Waals surface area (Å²) in [4.78, 5) is 18.4. The van der Waals surface area contributed by atoms with E-state index in [2.05, 4.69) is 0 Å². The van der Waals surface area contributed by atoms with Gasteiger partial charge in [0.2, 0.25) is 0 Å². The third kappa shape index (κ3) is 5.01. The minimum atomic E-state index is -0.499. The molecule has 4 aromatic carbocycles. The second-order valence-corrected chi connectivity index (χ2v) is 10.2. The molecule has 3 heterocycles. The van der Waals surface area contributed by atoms with Crippen LogP contribution >= 0.6 is 0 Å². The van der Waals surface area contributed by atoms with Crippen molar-refractivity contribution >= 4 is 11.0 Å². The molecule has 0 atom stereocenters. The second kappa shape index (κ2) is 11.4. The van der Waals surface area contributed by atoms with Crippen LogP contribution in [0.2, 0.25) is 0 Å². The zero-order valence-electron chi connectivity index (χ0n) is 24.1. The van der Waals surface area contributed by atoms with Crippen LogP contribution in [0.3, 0.4) is 0 Å². The van der Waals surface area contributed by atoms with Gasteiger partial charge >= 0.3 is 5.63 Å². The van der Waals surface area contributed by atoms with Crippen LogP contribution in [0.4, 0.5) is 0 Å². The predicted octanol–water partition coefficient (Wildman–Crippen LogP) is 8.06. The number of hydrogen-bond donors (Lipinski definition) is 0. The molecule has 7 aromatic rings. The van der Waals surface area contributed by atoms with Crippen molar-refractivity contribution in [3.8, 4) is 62.1 Å². The van der Waals surface area contributed by atoms with Crippen molar-refractivity contribution in [3.63, 3.8) is 0 Å². The van der Waals surface area contributed by atoms with Gasteiger partial charge in [-0.15, -0.1) is 0 Å². The van der Waals surface area contributed by atoms with Gasteiger partial charge in [-0.3, -0.25) is 0 Å². The molecule has 0 N–H and O–H groups in total. The average Bonchev–Trinajstić information content (AvgIpc) is 3.54. The molecule has 0 aliphatic heterocycles. The lowest BCUT2D eigenvalue weighted by Gasteiger charge is -2.11. The fourth-order valence-electron chi connectivity index (χ4n) is 5.30. The number of para-hydroxylation sites is 2. The van der Waals surface area contributed by atoms with Gasteiger partial charge in [-0.1, -0.05) is 60.7 Å². The van der Waals surface area contributed by atoms with Gasteiger partial charge in [0.1, 0.15) is 11.4 Å². The molecule has 0 spiro atoms. The van der Waals surface area contributed by atoms with E-state index >= 15 is 0 Å². The van der Waals surface area contributed by atoms with Crippen molar-refractivity contribution in [2.75, 3.05) is 14.2 Å². The number of hydrogen-bond acceptors (Lipinski definition) is 6. The lowest BCUT2D eigenvalue weighted by Crippen LogP contribution is -2.05. The fraction of sp³-hybridized carbons (Fsp3) is 0.0541. The molecule has 3 aromatic heterocycles. The molecule has 0 amide bonds. The van der Waals surface area contributed by atoms with Crippen LogP contribution in [0, 0.1) is 0 Å². The van der Waals surface area contributed by atoms with E-state index in [4.69, 9.17) is 24.0 Å². The highest BCUT2D eigenvalue weighted by Gasteiger charge is 2.19. The minimum absolute atomic E-state index is 0.353. The SMILES string of the molecule is COc1ccc(-c2nn(-c3ccccc3)cc2-c2cc(-c3ccccc3)nc(-c3cc4cccc(OC)c4oc3=O)c2)cc1. The second-order valence-electron chi connectivity index (χ2n) is 10.2. The maximum Gasteiger partial charge on any atom is 0.345 e. The summed E-state index contributed by atoms with van der Waals surface area (Å²) in [6, 6.07) is 39.0. The summed E-state index contributed by atoms with van der Waals surface area (Å²) in [7, 11) is 3.20. The molecule has 0 saturated heterocycles. The van der Waals surface area contributed by atoms with Gasteiger partial charge in [0.15, 0.2) is 11.3 Å². The van der Waals surface area contributed by atoms with Gasteiger partial charge in [0.05, 0.1) is 36.9 Å². The summed E-state index contributed by atoms with van der Waals surface area (Å²) in [5.41, 5.74) is 6.75. The molecule has 214 valence electrons. The molecular weight excluding hydrogens is 550 g/mol. The number of fused-ring (bicyclic) bond motifs is 1. The zero-order chi connectivity index (χ0) is 30.0. The van der Waals surface area contributed by atoms with E-state index in [9.17, 15) is 4.79 Å². The Kier molecular flexibility index (Phi) is 6.96. The molecule has 0 saturated carbocycles. The number of benzene rings is 4. The van der Waals surface area contributed by atoms with E-state index in [1.807, 2.05) is 126 Å². The molecule has 0 unspecified atom stereocenters. The Morgan fingerprint density at radius 2 is 1.39 bits per heavy atom. The van der Waals surface area contributed by atoms with E-state index in [-0.39, 0.29) is 0 Å². The maximum absolute atomic E-state index is 13.4. The molecule has 7 rings (SSSR count). The Hall–Kier alpha value is -5.95. The zero-order valence-corrected chi connectivity index (χ0v) is 24.1. The Morgan fingerprint density at radius 3 is 2.11 bits per heavy atom. The Labute approximate surface area is 253 Å². The van der Waals surface area contributed by atoms with E-state index in [1.165, 1.54) is 0 Å². The molecule has 0 fully saturated rings. The molecule has 0 aliphatic carbocycles. The number of pyridine rings is 1. The quantitative estimate of drug-likeness (QED) is 0.178.